The molecule has 0 atom stereocenters. The summed E-state index contributed by atoms with van der Waals surface area (Å²) >= 11 is 11.7. The van der Waals surface area contributed by atoms with E-state index in [1.54, 1.807) is 6.07 Å². The minimum atomic E-state index is -0.807. The van der Waals surface area contributed by atoms with Crippen LogP contribution in [0.5, 0.6) is 0 Å². The molecule has 10 heteroatoms. The highest BCUT2D eigenvalue weighted by Crippen LogP contribution is 2.35. The smallest absolute Gasteiger partial charge is 0.325 e. The lowest BCUT2D eigenvalue weighted by Crippen LogP contribution is -2.44. The van der Waals surface area contributed by atoms with E-state index in [4.69, 9.17) is 27.9 Å². The van der Waals surface area contributed by atoms with Gasteiger partial charge >= 0.3 is 12.0 Å². The summed E-state index contributed by atoms with van der Waals surface area (Å²) in [5.74, 6) is -1.55. The molecule has 8 nitrogen and oxygen atoms in total. The molecule has 1 spiro atoms. The molecule has 3 rings (SSSR count). The van der Waals surface area contributed by atoms with Gasteiger partial charge in [-0.1, -0.05) is 36.0 Å². The molecule has 1 aliphatic carbocycles. The van der Waals surface area contributed by atoms with E-state index < -0.39 is 30.1 Å². The van der Waals surface area contributed by atoms with Crippen LogP contribution in [0.2, 0.25) is 10.0 Å². The third kappa shape index (κ3) is 4.39. The maximum Gasteiger partial charge on any atom is 0.325 e. The molecule has 0 radical (unpaired) electrons. The van der Waals surface area contributed by atoms with Gasteiger partial charge in [-0.15, -0.1) is 0 Å². The van der Waals surface area contributed by atoms with Crippen molar-refractivity contribution in [2.75, 3.05) is 18.5 Å². The van der Waals surface area contributed by atoms with E-state index in [-0.39, 0.29) is 23.9 Å². The number of ether oxygens (including phenoxy) is 1. The Hall–Kier alpha value is -2.32. The second-order valence-electron chi connectivity index (χ2n) is 6.76. The number of imide groups is 1. The van der Waals surface area contributed by atoms with Crippen molar-refractivity contribution in [2.24, 2.45) is 0 Å². The maximum atomic E-state index is 12.5. The molecule has 1 saturated carbocycles. The van der Waals surface area contributed by atoms with Gasteiger partial charge < -0.3 is 15.4 Å². The summed E-state index contributed by atoms with van der Waals surface area (Å²) in [5, 5.41) is 5.92. The number of urea groups is 1. The number of esters is 1. The first-order valence-corrected chi connectivity index (χ1v) is 9.61. The van der Waals surface area contributed by atoms with Gasteiger partial charge in [0.15, 0.2) is 6.61 Å². The quantitative estimate of drug-likeness (QED) is 0.536. The number of amides is 4. The van der Waals surface area contributed by atoms with Crippen molar-refractivity contribution in [2.45, 2.75) is 37.6 Å². The fraction of sp³-hybridized carbons (Fsp3) is 0.444. The van der Waals surface area contributed by atoms with Gasteiger partial charge in [-0.3, -0.25) is 19.3 Å². The van der Waals surface area contributed by atoms with Crippen LogP contribution in [0.15, 0.2) is 18.2 Å². The average Bonchev–Trinajstić information content (AvgIpc) is 3.20. The Labute approximate surface area is 171 Å². The predicted molar refractivity (Wildman–Crippen MR) is 102 cm³/mol. The van der Waals surface area contributed by atoms with Crippen LogP contribution in [0.4, 0.5) is 10.5 Å². The fourth-order valence-corrected chi connectivity index (χ4v) is 3.85. The molecule has 2 N–H and O–H groups in total. The molecule has 28 heavy (non-hydrogen) atoms. The van der Waals surface area contributed by atoms with Crippen molar-refractivity contribution in [1.82, 2.24) is 10.2 Å². The van der Waals surface area contributed by atoms with Gasteiger partial charge in [0.25, 0.3) is 11.8 Å². The molecule has 1 heterocycles. The Morgan fingerprint density at radius 1 is 1.21 bits per heavy atom. The number of rotatable bonds is 6. The number of hydrogen-bond donors (Lipinski definition) is 2. The summed E-state index contributed by atoms with van der Waals surface area (Å²) < 4.78 is 4.90. The molecule has 1 aromatic rings. The lowest BCUT2D eigenvalue weighted by atomic mass is 9.98. The SMILES string of the molecule is O=C(COC(=O)CCN1C(=O)NC2(CCCC2)C1=O)Nc1ccc(Cl)cc1Cl. The van der Waals surface area contributed by atoms with Crippen LogP contribution >= 0.6 is 23.2 Å². The molecular formula is C18H19Cl2N3O5. The van der Waals surface area contributed by atoms with E-state index in [0.29, 0.717) is 23.6 Å². The molecule has 0 unspecified atom stereocenters. The lowest BCUT2D eigenvalue weighted by molar-refractivity contribution is -0.147. The van der Waals surface area contributed by atoms with Gasteiger partial charge in [0.2, 0.25) is 0 Å². The van der Waals surface area contributed by atoms with Crippen LogP contribution in [-0.4, -0.2) is 47.4 Å². The summed E-state index contributed by atoms with van der Waals surface area (Å²) in [6.07, 6.45) is 2.81. The van der Waals surface area contributed by atoms with E-state index in [2.05, 4.69) is 10.6 Å². The van der Waals surface area contributed by atoms with Crippen molar-refractivity contribution < 1.29 is 23.9 Å². The highest BCUT2D eigenvalue weighted by molar-refractivity contribution is 6.36. The van der Waals surface area contributed by atoms with Crippen LogP contribution < -0.4 is 10.6 Å². The molecule has 1 aliphatic heterocycles. The van der Waals surface area contributed by atoms with Crippen molar-refractivity contribution in [3.63, 3.8) is 0 Å². The summed E-state index contributed by atoms with van der Waals surface area (Å²) in [6.45, 7) is -0.599. The first-order valence-electron chi connectivity index (χ1n) is 8.85. The van der Waals surface area contributed by atoms with Crippen LogP contribution in [0.3, 0.4) is 0 Å². The zero-order chi connectivity index (χ0) is 20.3. The molecule has 1 saturated heterocycles. The van der Waals surface area contributed by atoms with E-state index >= 15 is 0 Å². The van der Waals surface area contributed by atoms with Crippen LogP contribution in [0.25, 0.3) is 0 Å². The van der Waals surface area contributed by atoms with Gasteiger partial charge in [-0.2, -0.15) is 0 Å². The summed E-state index contributed by atoms with van der Waals surface area (Å²) in [4.78, 5) is 49.3. The topological polar surface area (TPSA) is 105 Å². The highest BCUT2D eigenvalue weighted by atomic mass is 35.5. The van der Waals surface area contributed by atoms with Crippen LogP contribution in [-0.2, 0) is 19.1 Å². The first-order chi connectivity index (χ1) is 13.3. The number of carbonyl (C=O) groups excluding carboxylic acids is 4. The van der Waals surface area contributed by atoms with Crippen LogP contribution in [0, 0.1) is 0 Å². The van der Waals surface area contributed by atoms with E-state index in [1.165, 1.54) is 12.1 Å². The minimum absolute atomic E-state index is 0.0874. The first kappa shape index (κ1) is 20.4. The van der Waals surface area contributed by atoms with Gasteiger partial charge in [0, 0.05) is 11.6 Å². The highest BCUT2D eigenvalue weighted by Gasteiger charge is 2.52. The number of nitrogens with one attached hydrogen (secondary N) is 2. The second-order valence-corrected chi connectivity index (χ2v) is 7.60. The third-order valence-electron chi connectivity index (χ3n) is 4.81. The number of hydrogen-bond acceptors (Lipinski definition) is 5. The third-order valence-corrected chi connectivity index (χ3v) is 5.36. The normalized spacial score (nSPS) is 17.7. The summed E-state index contributed by atoms with van der Waals surface area (Å²) in [6, 6.07) is 4.07. The predicted octanol–water partition coefficient (Wildman–Crippen LogP) is 2.73. The Kier molecular flexibility index (Phi) is 6.10. The molecule has 0 bridgehead atoms. The number of benzene rings is 1. The van der Waals surface area contributed by atoms with Crippen molar-refractivity contribution in [3.05, 3.63) is 28.2 Å². The minimum Gasteiger partial charge on any atom is -0.456 e. The zero-order valence-corrected chi connectivity index (χ0v) is 16.4. The Balaban J connectivity index is 1.44. The second kappa shape index (κ2) is 8.36. The molecular weight excluding hydrogens is 409 g/mol. The number of anilines is 1. The van der Waals surface area contributed by atoms with Gasteiger partial charge in [0.05, 0.1) is 17.1 Å². The fourth-order valence-electron chi connectivity index (χ4n) is 3.40. The maximum absolute atomic E-state index is 12.5. The molecule has 2 aliphatic rings. The Morgan fingerprint density at radius 3 is 2.61 bits per heavy atom. The monoisotopic (exact) mass is 427 g/mol. The van der Waals surface area contributed by atoms with Gasteiger partial charge in [-0.05, 0) is 31.0 Å². The van der Waals surface area contributed by atoms with Crippen molar-refractivity contribution in [3.8, 4) is 0 Å². The van der Waals surface area contributed by atoms with Gasteiger partial charge in [-0.25, -0.2) is 4.79 Å². The van der Waals surface area contributed by atoms with E-state index in [0.717, 1.165) is 17.7 Å². The lowest BCUT2D eigenvalue weighted by Gasteiger charge is -2.19. The number of halogens is 2. The number of nitrogens with zero attached hydrogens (tertiary/aromatic N) is 1. The Bertz CT molecular complexity index is 823. The van der Waals surface area contributed by atoms with E-state index in [9.17, 15) is 19.2 Å². The molecule has 4 amide bonds. The van der Waals surface area contributed by atoms with E-state index in [1.807, 2.05) is 0 Å². The average molecular weight is 428 g/mol. The Morgan fingerprint density at radius 2 is 1.93 bits per heavy atom. The molecule has 0 aromatic heterocycles. The zero-order valence-electron chi connectivity index (χ0n) is 14.9. The summed E-state index contributed by atoms with van der Waals surface area (Å²) in [5.41, 5.74) is -0.466. The standard InChI is InChI=1S/C18H19Cl2N3O5/c19-11-3-4-13(12(20)9-11)21-14(24)10-28-15(25)5-8-23-16(26)18(22-17(23)27)6-1-2-7-18/h3-4,9H,1-2,5-8,10H2,(H,21,24)(H,22,27). The molecule has 1 aromatic carbocycles. The molecule has 150 valence electrons. The summed E-state index contributed by atoms with van der Waals surface area (Å²) in [7, 11) is 0. The van der Waals surface area contributed by atoms with Crippen LogP contribution in [0.1, 0.15) is 32.1 Å². The van der Waals surface area contributed by atoms with Crippen molar-refractivity contribution >= 4 is 52.7 Å². The van der Waals surface area contributed by atoms with Gasteiger partial charge in [0.1, 0.15) is 5.54 Å². The molecule has 2 fully saturated rings. The largest absolute Gasteiger partial charge is 0.456 e. The van der Waals surface area contributed by atoms with Crippen molar-refractivity contribution in [1.29, 1.82) is 0 Å². The number of carbonyl (C=O) groups is 4.